The van der Waals surface area contributed by atoms with Gasteiger partial charge in [-0.3, -0.25) is 9.59 Å². The van der Waals surface area contributed by atoms with Gasteiger partial charge in [-0.2, -0.15) is 0 Å². The van der Waals surface area contributed by atoms with Gasteiger partial charge in [0, 0.05) is 20.0 Å². The normalized spacial score (nSPS) is 37.5. The SMILES string of the molecule is CC(=O)NCC12CC(C(=O)NCC3CCC4(CC3)CC4)(C1)C1(CCNCC1)O2. The molecule has 156 valence electrons. The van der Waals surface area contributed by atoms with Crippen molar-refractivity contribution in [2.24, 2.45) is 16.7 Å². The van der Waals surface area contributed by atoms with Gasteiger partial charge in [0.25, 0.3) is 0 Å². The summed E-state index contributed by atoms with van der Waals surface area (Å²) < 4.78 is 6.64. The van der Waals surface area contributed by atoms with Crippen LogP contribution in [0.3, 0.4) is 0 Å². The molecule has 6 heteroatoms. The van der Waals surface area contributed by atoms with E-state index in [2.05, 4.69) is 16.0 Å². The molecule has 3 aliphatic carbocycles. The summed E-state index contributed by atoms with van der Waals surface area (Å²) in [6.45, 7) is 4.69. The molecule has 0 unspecified atom stereocenters. The maximum absolute atomic E-state index is 13.4. The minimum absolute atomic E-state index is 0.0306. The molecule has 2 amide bonds. The molecule has 0 aromatic rings. The Balaban J connectivity index is 1.24. The van der Waals surface area contributed by atoms with Crippen LogP contribution in [0.15, 0.2) is 0 Å². The van der Waals surface area contributed by atoms with Gasteiger partial charge in [0.1, 0.15) is 0 Å². The van der Waals surface area contributed by atoms with Gasteiger partial charge in [0.15, 0.2) is 0 Å². The molecular weight excluding hydrogens is 354 g/mol. The van der Waals surface area contributed by atoms with Crippen LogP contribution in [0.1, 0.15) is 71.1 Å². The van der Waals surface area contributed by atoms with Crippen LogP contribution in [-0.4, -0.2) is 49.2 Å². The zero-order valence-corrected chi connectivity index (χ0v) is 17.2. The number of nitrogens with one attached hydrogen (secondary N) is 3. The van der Waals surface area contributed by atoms with Crippen molar-refractivity contribution in [3.05, 3.63) is 0 Å². The Hall–Kier alpha value is -1.14. The topological polar surface area (TPSA) is 79.5 Å². The summed E-state index contributed by atoms with van der Waals surface area (Å²) in [4.78, 5) is 24.9. The van der Waals surface area contributed by atoms with E-state index in [-0.39, 0.29) is 23.0 Å². The van der Waals surface area contributed by atoms with Gasteiger partial charge in [-0.1, -0.05) is 0 Å². The summed E-state index contributed by atoms with van der Waals surface area (Å²) in [5.74, 6) is 0.816. The molecule has 6 rings (SSSR count). The van der Waals surface area contributed by atoms with Gasteiger partial charge >= 0.3 is 0 Å². The molecule has 3 heterocycles. The van der Waals surface area contributed by atoms with E-state index in [9.17, 15) is 9.59 Å². The van der Waals surface area contributed by atoms with Gasteiger partial charge < -0.3 is 20.7 Å². The first kappa shape index (κ1) is 18.9. The second kappa shape index (κ2) is 6.43. The fraction of sp³-hybridized carbons (Fsp3) is 0.909. The first-order valence-corrected chi connectivity index (χ1v) is 11.3. The van der Waals surface area contributed by atoms with Crippen LogP contribution < -0.4 is 16.0 Å². The van der Waals surface area contributed by atoms with E-state index >= 15 is 0 Å². The Morgan fingerprint density at radius 3 is 2.29 bits per heavy atom. The fourth-order valence-corrected chi connectivity index (χ4v) is 6.76. The monoisotopic (exact) mass is 389 g/mol. The quantitative estimate of drug-likeness (QED) is 0.671. The van der Waals surface area contributed by atoms with Crippen molar-refractivity contribution in [3.63, 3.8) is 0 Å². The third kappa shape index (κ3) is 2.90. The Morgan fingerprint density at radius 2 is 1.68 bits per heavy atom. The number of carbonyl (C=O) groups excluding carboxylic acids is 2. The Labute approximate surface area is 167 Å². The van der Waals surface area contributed by atoms with Gasteiger partial charge in [-0.15, -0.1) is 0 Å². The third-order valence-corrected chi connectivity index (χ3v) is 8.71. The van der Waals surface area contributed by atoms with E-state index in [0.29, 0.717) is 17.9 Å². The van der Waals surface area contributed by atoms with Crippen LogP contribution in [-0.2, 0) is 14.3 Å². The van der Waals surface area contributed by atoms with E-state index in [1.807, 2.05) is 0 Å². The summed E-state index contributed by atoms with van der Waals surface area (Å²) >= 11 is 0. The lowest BCUT2D eigenvalue weighted by molar-refractivity contribution is -0.141. The lowest BCUT2D eigenvalue weighted by Gasteiger charge is -2.48. The number of ether oxygens (including phenoxy) is 1. The highest BCUT2D eigenvalue weighted by atomic mass is 16.5. The lowest BCUT2D eigenvalue weighted by Crippen LogP contribution is -2.62. The van der Waals surface area contributed by atoms with Crippen molar-refractivity contribution < 1.29 is 14.3 Å². The standard InChI is InChI=1S/C22H35N3O3/c1-16(26)25-15-20-13-21(14-20,22(28-20)8-10-23-11-9-22)18(27)24-12-17-2-4-19(5-3-17)6-7-19/h17,23H,2-15H2,1H3,(H,24,27)(H,25,26). The van der Waals surface area contributed by atoms with Crippen LogP contribution in [0.5, 0.6) is 0 Å². The largest absolute Gasteiger partial charge is 0.365 e. The van der Waals surface area contributed by atoms with Crippen LogP contribution in [0.4, 0.5) is 0 Å². The Bertz CT molecular complexity index is 650. The number of amides is 2. The Morgan fingerprint density at radius 1 is 1.00 bits per heavy atom. The van der Waals surface area contributed by atoms with Crippen LogP contribution >= 0.6 is 0 Å². The van der Waals surface area contributed by atoms with E-state index in [0.717, 1.165) is 45.3 Å². The molecule has 2 spiro atoms. The molecule has 28 heavy (non-hydrogen) atoms. The number of hydrogen-bond donors (Lipinski definition) is 3. The van der Waals surface area contributed by atoms with Gasteiger partial charge in [-0.05, 0) is 88.6 Å². The summed E-state index contributed by atoms with van der Waals surface area (Å²) in [5.41, 5.74) is -0.399. The minimum atomic E-state index is -0.403. The molecule has 0 atom stereocenters. The maximum Gasteiger partial charge on any atom is 0.229 e. The molecule has 6 nitrogen and oxygen atoms in total. The van der Waals surface area contributed by atoms with E-state index in [1.165, 1.54) is 38.5 Å². The number of rotatable bonds is 5. The van der Waals surface area contributed by atoms with Crippen molar-refractivity contribution >= 4 is 11.8 Å². The molecule has 3 saturated carbocycles. The van der Waals surface area contributed by atoms with Crippen LogP contribution in [0.2, 0.25) is 0 Å². The van der Waals surface area contributed by atoms with Crippen LogP contribution in [0, 0.1) is 16.7 Å². The molecule has 3 aliphatic heterocycles. The average molecular weight is 390 g/mol. The zero-order chi connectivity index (χ0) is 19.5. The average Bonchev–Trinajstić information content (AvgIpc) is 3.29. The van der Waals surface area contributed by atoms with Crippen molar-refractivity contribution in [3.8, 4) is 0 Å². The highest BCUT2D eigenvalue weighted by molar-refractivity contribution is 5.87. The fourth-order valence-electron chi connectivity index (χ4n) is 6.76. The zero-order valence-electron chi connectivity index (χ0n) is 17.2. The number of hydrogen-bond acceptors (Lipinski definition) is 4. The summed E-state index contributed by atoms with van der Waals surface area (Å²) in [6, 6.07) is 0. The molecule has 3 saturated heterocycles. The highest BCUT2D eigenvalue weighted by Gasteiger charge is 2.77. The van der Waals surface area contributed by atoms with E-state index in [1.54, 1.807) is 6.92 Å². The molecule has 2 bridgehead atoms. The second-order valence-corrected chi connectivity index (χ2v) is 10.5. The van der Waals surface area contributed by atoms with Crippen LogP contribution in [0.25, 0.3) is 0 Å². The molecule has 3 N–H and O–H groups in total. The molecule has 0 aromatic carbocycles. The van der Waals surface area contributed by atoms with Gasteiger partial charge in [0.2, 0.25) is 11.8 Å². The molecule has 6 fully saturated rings. The summed E-state index contributed by atoms with van der Waals surface area (Å²) in [5, 5.41) is 9.69. The Kier molecular flexibility index (Phi) is 4.33. The molecule has 0 aromatic heterocycles. The second-order valence-electron chi connectivity index (χ2n) is 10.5. The number of piperidine rings is 1. The van der Waals surface area contributed by atoms with E-state index < -0.39 is 5.41 Å². The van der Waals surface area contributed by atoms with Crippen molar-refractivity contribution in [2.45, 2.75) is 82.3 Å². The lowest BCUT2D eigenvalue weighted by atomic mass is 9.53. The summed E-state index contributed by atoms with van der Waals surface area (Å²) in [7, 11) is 0. The maximum atomic E-state index is 13.4. The molecule has 6 aliphatic rings. The predicted molar refractivity (Wildman–Crippen MR) is 106 cm³/mol. The summed E-state index contributed by atoms with van der Waals surface area (Å²) in [6.07, 6.45) is 11.4. The van der Waals surface area contributed by atoms with Gasteiger partial charge in [-0.25, -0.2) is 0 Å². The molecular formula is C22H35N3O3. The first-order chi connectivity index (χ1) is 13.4. The smallest absolute Gasteiger partial charge is 0.229 e. The third-order valence-electron chi connectivity index (χ3n) is 8.71. The predicted octanol–water partition coefficient (Wildman–Crippen LogP) is 1.88. The van der Waals surface area contributed by atoms with Crippen molar-refractivity contribution in [2.75, 3.05) is 26.2 Å². The minimum Gasteiger partial charge on any atom is -0.365 e. The van der Waals surface area contributed by atoms with Gasteiger partial charge in [0.05, 0.1) is 16.6 Å². The number of carbonyl (C=O) groups is 2. The highest BCUT2D eigenvalue weighted by Crippen LogP contribution is 2.69. The molecule has 0 radical (unpaired) electrons. The van der Waals surface area contributed by atoms with Crippen molar-refractivity contribution in [1.82, 2.24) is 16.0 Å². The van der Waals surface area contributed by atoms with E-state index in [4.69, 9.17) is 4.74 Å². The van der Waals surface area contributed by atoms with Crippen molar-refractivity contribution in [1.29, 1.82) is 0 Å². The first-order valence-electron chi connectivity index (χ1n) is 11.3.